The molecule has 98 valence electrons. The molecule has 0 fully saturated rings. The summed E-state index contributed by atoms with van der Waals surface area (Å²) in [7, 11) is 0. The van der Waals surface area contributed by atoms with Crippen molar-refractivity contribution in [1.82, 2.24) is 0 Å². The van der Waals surface area contributed by atoms with Crippen LogP contribution in [0.25, 0.3) is 11.1 Å². The maximum atomic E-state index is 12.5. The molecule has 0 amide bonds. The van der Waals surface area contributed by atoms with Gasteiger partial charge in [-0.3, -0.25) is 0 Å². The molecule has 0 heterocycles. The lowest BCUT2D eigenvalue weighted by Gasteiger charge is -2.09. The first-order valence-electron chi connectivity index (χ1n) is 5.52. The van der Waals surface area contributed by atoms with Gasteiger partial charge in [-0.2, -0.15) is 18.3 Å². The third kappa shape index (κ3) is 2.93. The summed E-state index contributed by atoms with van der Waals surface area (Å²) in [6.07, 6.45) is -2.86. The van der Waals surface area contributed by atoms with Crippen molar-refractivity contribution in [2.45, 2.75) is 6.18 Å². The standard InChI is InChI=1S/C14H11F3N2/c15-14(16,17)12-7-5-10(6-8-12)13-4-2-1-3-11(13)9-19-18/h1-9H,18H2. The highest BCUT2D eigenvalue weighted by atomic mass is 19.4. The van der Waals surface area contributed by atoms with Crippen LogP contribution in [0.4, 0.5) is 13.2 Å². The first-order chi connectivity index (χ1) is 9.02. The zero-order valence-electron chi connectivity index (χ0n) is 9.85. The van der Waals surface area contributed by atoms with Crippen molar-refractivity contribution < 1.29 is 13.2 Å². The van der Waals surface area contributed by atoms with Crippen LogP contribution in [0.3, 0.4) is 0 Å². The van der Waals surface area contributed by atoms with E-state index >= 15 is 0 Å². The highest BCUT2D eigenvalue weighted by Crippen LogP contribution is 2.31. The van der Waals surface area contributed by atoms with Crippen molar-refractivity contribution in [3.05, 3.63) is 59.7 Å². The van der Waals surface area contributed by atoms with E-state index in [1.807, 2.05) is 6.07 Å². The minimum atomic E-state index is -4.32. The Morgan fingerprint density at radius 2 is 1.58 bits per heavy atom. The molecule has 2 aromatic carbocycles. The summed E-state index contributed by atoms with van der Waals surface area (Å²) >= 11 is 0. The summed E-state index contributed by atoms with van der Waals surface area (Å²) in [5, 5.41) is 3.44. The summed E-state index contributed by atoms with van der Waals surface area (Å²) in [6.45, 7) is 0. The van der Waals surface area contributed by atoms with Crippen LogP contribution in [-0.2, 0) is 6.18 Å². The van der Waals surface area contributed by atoms with E-state index in [1.165, 1.54) is 18.3 Å². The molecule has 19 heavy (non-hydrogen) atoms. The summed E-state index contributed by atoms with van der Waals surface area (Å²) in [4.78, 5) is 0. The number of hydrogen-bond acceptors (Lipinski definition) is 2. The molecule has 2 aromatic rings. The van der Waals surface area contributed by atoms with Gasteiger partial charge in [0.05, 0.1) is 11.8 Å². The smallest absolute Gasteiger partial charge is 0.323 e. The van der Waals surface area contributed by atoms with Crippen LogP contribution >= 0.6 is 0 Å². The quantitative estimate of drug-likeness (QED) is 0.501. The van der Waals surface area contributed by atoms with Gasteiger partial charge in [0.1, 0.15) is 0 Å². The van der Waals surface area contributed by atoms with E-state index in [2.05, 4.69) is 5.10 Å². The monoisotopic (exact) mass is 264 g/mol. The van der Waals surface area contributed by atoms with E-state index in [9.17, 15) is 13.2 Å². The number of hydrazone groups is 1. The minimum Gasteiger partial charge on any atom is -0.323 e. The number of benzene rings is 2. The Bertz CT molecular complexity index is 586. The second-order valence-corrected chi connectivity index (χ2v) is 3.94. The summed E-state index contributed by atoms with van der Waals surface area (Å²) in [5.74, 6) is 5.11. The third-order valence-corrected chi connectivity index (χ3v) is 2.70. The Labute approximate surface area is 108 Å². The third-order valence-electron chi connectivity index (χ3n) is 2.70. The molecule has 0 radical (unpaired) electrons. The second-order valence-electron chi connectivity index (χ2n) is 3.94. The Morgan fingerprint density at radius 1 is 0.947 bits per heavy atom. The van der Waals surface area contributed by atoms with E-state index in [0.717, 1.165) is 23.3 Å². The van der Waals surface area contributed by atoms with Crippen LogP contribution < -0.4 is 5.84 Å². The topological polar surface area (TPSA) is 38.4 Å². The molecular formula is C14H11F3N2. The van der Waals surface area contributed by atoms with E-state index in [4.69, 9.17) is 5.84 Å². The van der Waals surface area contributed by atoms with E-state index in [1.54, 1.807) is 18.2 Å². The fraction of sp³-hybridized carbons (Fsp3) is 0.0714. The van der Waals surface area contributed by atoms with Gasteiger partial charge in [0.2, 0.25) is 0 Å². The van der Waals surface area contributed by atoms with Gasteiger partial charge in [-0.15, -0.1) is 0 Å². The average Bonchev–Trinajstić information content (AvgIpc) is 2.39. The highest BCUT2D eigenvalue weighted by molar-refractivity contribution is 5.90. The molecule has 2 rings (SSSR count). The molecule has 0 aliphatic rings. The van der Waals surface area contributed by atoms with Crippen molar-refractivity contribution in [2.75, 3.05) is 0 Å². The lowest BCUT2D eigenvalue weighted by molar-refractivity contribution is -0.137. The molecule has 0 atom stereocenters. The maximum absolute atomic E-state index is 12.5. The Morgan fingerprint density at radius 3 is 2.16 bits per heavy atom. The number of nitrogens with zero attached hydrogens (tertiary/aromatic N) is 1. The van der Waals surface area contributed by atoms with Crippen molar-refractivity contribution in [3.63, 3.8) is 0 Å². The predicted molar refractivity (Wildman–Crippen MR) is 68.7 cm³/mol. The molecule has 2 nitrogen and oxygen atoms in total. The maximum Gasteiger partial charge on any atom is 0.416 e. The number of hydrogen-bond donors (Lipinski definition) is 1. The van der Waals surface area contributed by atoms with Gasteiger partial charge in [-0.05, 0) is 23.3 Å². The minimum absolute atomic E-state index is 0.666. The first kappa shape index (κ1) is 13.1. The number of nitrogens with two attached hydrogens (primary N) is 1. The van der Waals surface area contributed by atoms with Crippen LogP contribution in [0, 0.1) is 0 Å². The van der Waals surface area contributed by atoms with Gasteiger partial charge in [0.25, 0.3) is 0 Å². The predicted octanol–water partition coefficient (Wildman–Crippen LogP) is 3.67. The zero-order valence-corrected chi connectivity index (χ0v) is 9.85. The molecular weight excluding hydrogens is 253 g/mol. The molecule has 0 unspecified atom stereocenters. The van der Waals surface area contributed by atoms with E-state index in [-0.39, 0.29) is 0 Å². The van der Waals surface area contributed by atoms with Crippen LogP contribution in [0.1, 0.15) is 11.1 Å². The first-order valence-corrected chi connectivity index (χ1v) is 5.52. The molecule has 0 saturated carbocycles. The molecule has 0 aliphatic heterocycles. The van der Waals surface area contributed by atoms with Gasteiger partial charge in [0.15, 0.2) is 0 Å². The summed E-state index contributed by atoms with van der Waals surface area (Å²) in [5.41, 5.74) is 1.56. The molecule has 0 bridgehead atoms. The lowest BCUT2D eigenvalue weighted by atomic mass is 9.99. The van der Waals surface area contributed by atoms with Gasteiger partial charge in [-0.1, -0.05) is 36.4 Å². The van der Waals surface area contributed by atoms with Gasteiger partial charge < -0.3 is 5.84 Å². The lowest BCUT2D eigenvalue weighted by Crippen LogP contribution is -2.04. The number of alkyl halides is 3. The fourth-order valence-corrected chi connectivity index (χ4v) is 1.79. The average molecular weight is 264 g/mol. The second kappa shape index (κ2) is 5.14. The molecule has 2 N–H and O–H groups in total. The molecule has 0 aromatic heterocycles. The van der Waals surface area contributed by atoms with Crippen LogP contribution in [-0.4, -0.2) is 6.21 Å². The molecule has 5 heteroatoms. The van der Waals surface area contributed by atoms with E-state index < -0.39 is 11.7 Å². The Hall–Kier alpha value is -2.30. The molecule has 0 aliphatic carbocycles. The fourth-order valence-electron chi connectivity index (χ4n) is 1.79. The molecule has 0 saturated heterocycles. The van der Waals surface area contributed by atoms with Gasteiger partial charge in [-0.25, -0.2) is 0 Å². The number of rotatable bonds is 2. The highest BCUT2D eigenvalue weighted by Gasteiger charge is 2.29. The van der Waals surface area contributed by atoms with Crippen LogP contribution in [0.5, 0.6) is 0 Å². The van der Waals surface area contributed by atoms with Gasteiger partial charge in [0, 0.05) is 5.56 Å². The van der Waals surface area contributed by atoms with Gasteiger partial charge >= 0.3 is 6.18 Å². The zero-order chi connectivity index (χ0) is 13.9. The van der Waals surface area contributed by atoms with Crippen molar-refractivity contribution >= 4 is 6.21 Å². The SMILES string of the molecule is NN=Cc1ccccc1-c1ccc(C(F)(F)F)cc1. The largest absolute Gasteiger partial charge is 0.416 e. The van der Waals surface area contributed by atoms with Crippen LogP contribution in [0.15, 0.2) is 53.6 Å². The Balaban J connectivity index is 2.43. The van der Waals surface area contributed by atoms with E-state index in [0.29, 0.717) is 5.56 Å². The Kier molecular flexibility index (Phi) is 3.55. The van der Waals surface area contributed by atoms with Crippen molar-refractivity contribution in [1.29, 1.82) is 0 Å². The molecule has 0 spiro atoms. The summed E-state index contributed by atoms with van der Waals surface area (Å²) in [6, 6.07) is 12.2. The van der Waals surface area contributed by atoms with Crippen LogP contribution in [0.2, 0.25) is 0 Å². The normalized spacial score (nSPS) is 11.9. The van der Waals surface area contributed by atoms with Crippen molar-refractivity contribution in [3.8, 4) is 11.1 Å². The summed E-state index contributed by atoms with van der Waals surface area (Å²) < 4.78 is 37.5. The number of halogens is 3. The van der Waals surface area contributed by atoms with Crippen molar-refractivity contribution in [2.24, 2.45) is 10.9 Å².